The minimum absolute atomic E-state index is 0.0802. The number of unbranched alkanes of at least 4 members (excludes halogenated alkanes) is 1. The largest absolute Gasteiger partial charge is 0.490 e. The van der Waals surface area contributed by atoms with Gasteiger partial charge in [-0.15, -0.1) is 0 Å². The summed E-state index contributed by atoms with van der Waals surface area (Å²) in [7, 11) is 0. The summed E-state index contributed by atoms with van der Waals surface area (Å²) in [5.74, 6) is 0.000814. The normalized spacial score (nSPS) is 15.0. The van der Waals surface area contributed by atoms with Crippen LogP contribution < -0.4 is 4.74 Å². The Morgan fingerprint density at radius 3 is 2.52 bits per heavy atom. The molecule has 0 atom stereocenters. The number of ether oxygens (including phenoxy) is 3. The van der Waals surface area contributed by atoms with Crippen molar-refractivity contribution in [2.75, 3.05) is 19.8 Å². The first-order chi connectivity index (χ1) is 11.3. The highest BCUT2D eigenvalue weighted by atomic mass is 19.1. The summed E-state index contributed by atoms with van der Waals surface area (Å²) in [6.07, 6.45) is 2.54. The summed E-state index contributed by atoms with van der Waals surface area (Å²) >= 11 is 0. The lowest BCUT2D eigenvalue weighted by molar-refractivity contribution is -0.0483. The Labute approximate surface area is 136 Å². The van der Waals surface area contributed by atoms with Crippen molar-refractivity contribution in [1.29, 1.82) is 0 Å². The summed E-state index contributed by atoms with van der Waals surface area (Å²) in [5, 5.41) is 0. The van der Waals surface area contributed by atoms with Crippen molar-refractivity contribution in [3.05, 3.63) is 54.3 Å². The van der Waals surface area contributed by atoms with E-state index in [1.165, 1.54) is 6.07 Å². The summed E-state index contributed by atoms with van der Waals surface area (Å²) < 4.78 is 30.6. The van der Waals surface area contributed by atoms with E-state index in [-0.39, 0.29) is 12.1 Å². The molecule has 4 heteroatoms. The standard InChI is InChI=1S/C19H21FO3/c20-17-10-6-9-16(15-7-2-1-3-8-15)19(17)23-12-5-4-11-18-21-13-14-22-18/h1-3,6-10,18H,4-5,11-14H2. The molecule has 2 aromatic rings. The highest BCUT2D eigenvalue weighted by Crippen LogP contribution is 2.32. The second-order valence-corrected chi connectivity index (χ2v) is 5.50. The fourth-order valence-electron chi connectivity index (χ4n) is 2.66. The number of halogens is 1. The molecule has 3 rings (SSSR count). The maximum absolute atomic E-state index is 14.1. The van der Waals surface area contributed by atoms with Crippen LogP contribution in [0, 0.1) is 5.82 Å². The van der Waals surface area contributed by atoms with Crippen molar-refractivity contribution in [3.8, 4) is 16.9 Å². The monoisotopic (exact) mass is 316 g/mol. The molecule has 0 N–H and O–H groups in total. The minimum atomic E-state index is -0.325. The lowest BCUT2D eigenvalue weighted by atomic mass is 10.0. The van der Waals surface area contributed by atoms with E-state index in [1.54, 1.807) is 6.07 Å². The molecule has 3 nitrogen and oxygen atoms in total. The Morgan fingerprint density at radius 2 is 1.74 bits per heavy atom. The third kappa shape index (κ3) is 4.30. The quantitative estimate of drug-likeness (QED) is 0.708. The van der Waals surface area contributed by atoms with Crippen LogP contribution in [0.25, 0.3) is 11.1 Å². The first kappa shape index (κ1) is 16.0. The van der Waals surface area contributed by atoms with Crippen LogP contribution in [0.3, 0.4) is 0 Å². The summed E-state index contributed by atoms with van der Waals surface area (Å²) in [6.45, 7) is 1.83. The molecule has 1 aliphatic rings. The van der Waals surface area contributed by atoms with Gasteiger partial charge in [-0.1, -0.05) is 42.5 Å². The zero-order valence-electron chi connectivity index (χ0n) is 13.0. The highest BCUT2D eigenvalue weighted by Gasteiger charge is 2.15. The third-order valence-electron chi connectivity index (χ3n) is 3.82. The Balaban J connectivity index is 1.56. The van der Waals surface area contributed by atoms with E-state index in [9.17, 15) is 4.39 Å². The van der Waals surface area contributed by atoms with Gasteiger partial charge >= 0.3 is 0 Å². The molecule has 2 aromatic carbocycles. The van der Waals surface area contributed by atoms with Crippen molar-refractivity contribution < 1.29 is 18.6 Å². The first-order valence-electron chi connectivity index (χ1n) is 8.04. The Morgan fingerprint density at radius 1 is 0.957 bits per heavy atom. The Kier molecular flexibility index (Phi) is 5.61. The van der Waals surface area contributed by atoms with Gasteiger partial charge in [-0.2, -0.15) is 0 Å². The van der Waals surface area contributed by atoms with E-state index in [0.717, 1.165) is 30.4 Å². The van der Waals surface area contributed by atoms with Crippen molar-refractivity contribution in [3.63, 3.8) is 0 Å². The molecule has 1 aliphatic heterocycles. The molecule has 0 amide bonds. The molecule has 0 saturated carbocycles. The number of para-hydroxylation sites is 1. The minimum Gasteiger partial charge on any atom is -0.490 e. The predicted molar refractivity (Wildman–Crippen MR) is 86.9 cm³/mol. The van der Waals surface area contributed by atoms with Gasteiger partial charge in [-0.3, -0.25) is 0 Å². The summed E-state index contributed by atoms with van der Waals surface area (Å²) in [5.41, 5.74) is 1.74. The number of hydrogen-bond donors (Lipinski definition) is 0. The van der Waals surface area contributed by atoms with E-state index >= 15 is 0 Å². The molecule has 0 radical (unpaired) electrons. The molecule has 0 aromatic heterocycles. The average molecular weight is 316 g/mol. The molecule has 1 heterocycles. The van der Waals surface area contributed by atoms with Gasteiger partial charge in [0, 0.05) is 5.56 Å². The van der Waals surface area contributed by atoms with Gasteiger partial charge in [0.2, 0.25) is 0 Å². The molecule has 0 aliphatic carbocycles. The van der Waals surface area contributed by atoms with Gasteiger partial charge < -0.3 is 14.2 Å². The third-order valence-corrected chi connectivity index (χ3v) is 3.82. The predicted octanol–water partition coefficient (Wildman–Crippen LogP) is 4.41. The average Bonchev–Trinajstić information content (AvgIpc) is 3.10. The molecule has 1 saturated heterocycles. The number of rotatable bonds is 7. The molecular formula is C19H21FO3. The zero-order valence-corrected chi connectivity index (χ0v) is 13.0. The van der Waals surface area contributed by atoms with E-state index in [1.807, 2.05) is 36.4 Å². The van der Waals surface area contributed by atoms with Crippen LogP contribution >= 0.6 is 0 Å². The maximum Gasteiger partial charge on any atom is 0.165 e. The fraction of sp³-hybridized carbons (Fsp3) is 0.368. The first-order valence-corrected chi connectivity index (χ1v) is 8.04. The Hall–Kier alpha value is -1.91. The number of benzene rings is 2. The van der Waals surface area contributed by atoms with Crippen LogP contribution in [0.15, 0.2) is 48.5 Å². The number of hydrogen-bond acceptors (Lipinski definition) is 3. The van der Waals surface area contributed by atoms with Crippen LogP contribution in [-0.2, 0) is 9.47 Å². The second kappa shape index (κ2) is 8.09. The summed E-state index contributed by atoms with van der Waals surface area (Å²) in [4.78, 5) is 0. The van der Waals surface area contributed by atoms with Crippen LogP contribution in [0.2, 0.25) is 0 Å². The SMILES string of the molecule is Fc1cccc(-c2ccccc2)c1OCCCCC1OCCO1. The van der Waals surface area contributed by atoms with Gasteiger partial charge in [-0.25, -0.2) is 4.39 Å². The van der Waals surface area contributed by atoms with Gasteiger partial charge in [0.05, 0.1) is 19.8 Å². The summed E-state index contributed by atoms with van der Waals surface area (Å²) in [6, 6.07) is 14.7. The van der Waals surface area contributed by atoms with Crippen LogP contribution in [0.1, 0.15) is 19.3 Å². The smallest absolute Gasteiger partial charge is 0.165 e. The van der Waals surface area contributed by atoms with E-state index in [4.69, 9.17) is 14.2 Å². The van der Waals surface area contributed by atoms with Crippen molar-refractivity contribution in [1.82, 2.24) is 0 Å². The van der Waals surface area contributed by atoms with E-state index in [0.29, 0.717) is 25.6 Å². The lowest BCUT2D eigenvalue weighted by Gasteiger charge is -2.13. The molecule has 0 bridgehead atoms. The molecule has 1 fully saturated rings. The van der Waals surface area contributed by atoms with Crippen molar-refractivity contribution in [2.24, 2.45) is 0 Å². The van der Waals surface area contributed by atoms with Crippen molar-refractivity contribution >= 4 is 0 Å². The van der Waals surface area contributed by atoms with Crippen LogP contribution in [0.4, 0.5) is 4.39 Å². The zero-order chi connectivity index (χ0) is 15.9. The molecule has 0 spiro atoms. The topological polar surface area (TPSA) is 27.7 Å². The van der Waals surface area contributed by atoms with Gasteiger partial charge in [0.1, 0.15) is 0 Å². The maximum atomic E-state index is 14.1. The van der Waals surface area contributed by atoms with Gasteiger partial charge in [-0.05, 0) is 30.9 Å². The fourth-order valence-corrected chi connectivity index (χ4v) is 2.66. The van der Waals surface area contributed by atoms with E-state index in [2.05, 4.69) is 0 Å². The molecular weight excluding hydrogens is 295 g/mol. The highest BCUT2D eigenvalue weighted by molar-refractivity contribution is 5.70. The van der Waals surface area contributed by atoms with Gasteiger partial charge in [0.15, 0.2) is 17.9 Å². The molecule has 23 heavy (non-hydrogen) atoms. The van der Waals surface area contributed by atoms with Crippen LogP contribution in [-0.4, -0.2) is 26.1 Å². The Bertz CT molecular complexity index is 609. The van der Waals surface area contributed by atoms with Gasteiger partial charge in [0.25, 0.3) is 0 Å². The van der Waals surface area contributed by atoms with Crippen molar-refractivity contribution in [2.45, 2.75) is 25.6 Å². The van der Waals surface area contributed by atoms with E-state index < -0.39 is 0 Å². The second-order valence-electron chi connectivity index (χ2n) is 5.50. The lowest BCUT2D eigenvalue weighted by Crippen LogP contribution is -2.08. The molecule has 0 unspecified atom stereocenters. The molecule has 122 valence electrons. The van der Waals surface area contributed by atoms with Crippen LogP contribution in [0.5, 0.6) is 5.75 Å².